The van der Waals surface area contributed by atoms with E-state index in [9.17, 15) is 4.79 Å². The van der Waals surface area contributed by atoms with Crippen LogP contribution in [0.5, 0.6) is 0 Å². The highest BCUT2D eigenvalue weighted by Gasteiger charge is 2.03. The molecular weight excluding hydrogens is 252 g/mol. The van der Waals surface area contributed by atoms with Gasteiger partial charge < -0.3 is 10.4 Å². The van der Waals surface area contributed by atoms with Gasteiger partial charge in [-0.1, -0.05) is 11.6 Å². The Bertz CT molecular complexity index is 421. The van der Waals surface area contributed by atoms with Crippen molar-refractivity contribution in [2.75, 3.05) is 6.61 Å². The number of nitrogens with zero attached hydrogens (tertiary/aromatic N) is 1. The second-order valence-electron chi connectivity index (χ2n) is 4.02. The van der Waals surface area contributed by atoms with Gasteiger partial charge in [-0.3, -0.25) is 4.79 Å². The van der Waals surface area contributed by atoms with Gasteiger partial charge >= 0.3 is 0 Å². The Morgan fingerprint density at radius 1 is 1.67 bits per heavy atom. The van der Waals surface area contributed by atoms with Gasteiger partial charge in [-0.2, -0.15) is 0 Å². The van der Waals surface area contributed by atoms with E-state index in [-0.39, 0.29) is 18.6 Å². The molecule has 0 saturated heterocycles. The molecular formula is C13H17ClN2O2. The Hall–Kier alpha value is -1.39. The molecule has 0 spiro atoms. The summed E-state index contributed by atoms with van der Waals surface area (Å²) in [6.07, 6.45) is 6.18. The van der Waals surface area contributed by atoms with E-state index in [1.54, 1.807) is 24.4 Å². The van der Waals surface area contributed by atoms with E-state index in [2.05, 4.69) is 10.3 Å². The van der Waals surface area contributed by atoms with E-state index < -0.39 is 0 Å². The van der Waals surface area contributed by atoms with Crippen LogP contribution >= 0.6 is 11.6 Å². The smallest absolute Gasteiger partial charge is 0.244 e. The Kier molecular flexibility index (Phi) is 6.39. The van der Waals surface area contributed by atoms with E-state index in [0.29, 0.717) is 11.6 Å². The predicted octanol–water partition coefficient (Wildman–Crippen LogP) is 2.03. The lowest BCUT2D eigenvalue weighted by Gasteiger charge is -2.10. The quantitative estimate of drug-likeness (QED) is 0.613. The number of hydrogen-bond donors (Lipinski definition) is 2. The van der Waals surface area contributed by atoms with Crippen molar-refractivity contribution in [2.45, 2.75) is 25.8 Å². The fourth-order valence-corrected chi connectivity index (χ4v) is 1.64. The minimum Gasteiger partial charge on any atom is -0.396 e. The molecule has 0 saturated carbocycles. The number of aromatic nitrogens is 1. The molecule has 1 rings (SSSR count). The average molecular weight is 269 g/mol. The number of rotatable bonds is 6. The van der Waals surface area contributed by atoms with Crippen LogP contribution in [0.4, 0.5) is 0 Å². The number of pyridine rings is 1. The first-order valence-corrected chi connectivity index (χ1v) is 6.20. The minimum atomic E-state index is -0.159. The molecule has 0 radical (unpaired) electrons. The molecule has 98 valence electrons. The van der Waals surface area contributed by atoms with Gasteiger partial charge in [0.2, 0.25) is 5.91 Å². The van der Waals surface area contributed by atoms with Gasteiger partial charge in [-0.15, -0.1) is 0 Å². The first kappa shape index (κ1) is 14.7. The summed E-state index contributed by atoms with van der Waals surface area (Å²) in [6, 6.07) is 3.50. The summed E-state index contributed by atoms with van der Waals surface area (Å²) in [4.78, 5) is 15.4. The molecule has 18 heavy (non-hydrogen) atoms. The monoisotopic (exact) mass is 268 g/mol. The molecule has 1 aromatic rings. The van der Waals surface area contributed by atoms with E-state index in [4.69, 9.17) is 16.7 Å². The number of amides is 1. The second kappa shape index (κ2) is 7.84. The SMILES string of the molecule is CC(CCCO)NC(=O)/C=C/c1ccnc(Cl)c1. The molecule has 1 aromatic heterocycles. The molecule has 1 amide bonds. The van der Waals surface area contributed by atoms with Crippen molar-refractivity contribution in [3.63, 3.8) is 0 Å². The van der Waals surface area contributed by atoms with Crippen LogP contribution in [0.2, 0.25) is 5.15 Å². The Morgan fingerprint density at radius 2 is 2.44 bits per heavy atom. The average Bonchev–Trinajstić information content (AvgIpc) is 2.34. The largest absolute Gasteiger partial charge is 0.396 e. The number of nitrogens with one attached hydrogen (secondary N) is 1. The third-order valence-electron chi connectivity index (χ3n) is 2.36. The topological polar surface area (TPSA) is 62.2 Å². The summed E-state index contributed by atoms with van der Waals surface area (Å²) in [6.45, 7) is 2.05. The normalized spacial score (nSPS) is 12.6. The van der Waals surface area contributed by atoms with Crippen molar-refractivity contribution in [1.29, 1.82) is 0 Å². The van der Waals surface area contributed by atoms with Crippen molar-refractivity contribution in [3.8, 4) is 0 Å². The van der Waals surface area contributed by atoms with Gasteiger partial charge in [0.1, 0.15) is 5.15 Å². The number of carbonyl (C=O) groups is 1. The molecule has 0 aliphatic heterocycles. The van der Waals surface area contributed by atoms with E-state index in [1.807, 2.05) is 6.92 Å². The molecule has 1 heterocycles. The van der Waals surface area contributed by atoms with E-state index in [0.717, 1.165) is 12.0 Å². The Morgan fingerprint density at radius 3 is 3.11 bits per heavy atom. The highest BCUT2D eigenvalue weighted by atomic mass is 35.5. The molecule has 1 atom stereocenters. The summed E-state index contributed by atoms with van der Waals surface area (Å²) in [5.74, 6) is -0.159. The van der Waals surface area contributed by atoms with Gasteiger partial charge in [0.25, 0.3) is 0 Å². The second-order valence-corrected chi connectivity index (χ2v) is 4.41. The Labute approximate surface area is 112 Å². The highest BCUT2D eigenvalue weighted by Crippen LogP contribution is 2.08. The molecule has 0 aliphatic rings. The van der Waals surface area contributed by atoms with Crippen molar-refractivity contribution in [2.24, 2.45) is 0 Å². The van der Waals surface area contributed by atoms with Crippen LogP contribution < -0.4 is 5.32 Å². The van der Waals surface area contributed by atoms with Gasteiger partial charge in [0, 0.05) is 24.9 Å². The van der Waals surface area contributed by atoms with Crippen molar-refractivity contribution in [1.82, 2.24) is 10.3 Å². The fraction of sp³-hybridized carbons (Fsp3) is 0.385. The molecule has 5 heteroatoms. The van der Waals surface area contributed by atoms with E-state index in [1.165, 1.54) is 6.08 Å². The van der Waals surface area contributed by atoms with Crippen molar-refractivity contribution in [3.05, 3.63) is 35.1 Å². The first-order valence-electron chi connectivity index (χ1n) is 5.83. The summed E-state index contributed by atoms with van der Waals surface area (Å²) in [7, 11) is 0. The zero-order valence-electron chi connectivity index (χ0n) is 10.3. The van der Waals surface area contributed by atoms with Crippen LogP contribution in [0.1, 0.15) is 25.3 Å². The lowest BCUT2D eigenvalue weighted by molar-refractivity contribution is -0.117. The minimum absolute atomic E-state index is 0.0512. The number of aliphatic hydroxyl groups is 1. The summed E-state index contributed by atoms with van der Waals surface area (Å²) in [5.41, 5.74) is 0.827. The fourth-order valence-electron chi connectivity index (χ4n) is 1.45. The predicted molar refractivity (Wildman–Crippen MR) is 72.2 cm³/mol. The number of carbonyl (C=O) groups excluding carboxylic acids is 1. The van der Waals surface area contributed by atoms with Crippen LogP contribution in [-0.4, -0.2) is 28.6 Å². The lowest BCUT2D eigenvalue weighted by atomic mass is 10.2. The number of halogens is 1. The molecule has 1 unspecified atom stereocenters. The van der Waals surface area contributed by atoms with Gasteiger partial charge in [-0.25, -0.2) is 4.98 Å². The van der Waals surface area contributed by atoms with Gasteiger partial charge in [-0.05, 0) is 43.5 Å². The van der Waals surface area contributed by atoms with Gasteiger partial charge in [0.05, 0.1) is 0 Å². The molecule has 0 aromatic carbocycles. The standard InChI is InChI=1S/C13H17ClN2O2/c1-10(3-2-8-17)16-13(18)5-4-11-6-7-15-12(14)9-11/h4-7,9-10,17H,2-3,8H2,1H3,(H,16,18)/b5-4+. The first-order chi connectivity index (χ1) is 8.61. The maximum absolute atomic E-state index is 11.6. The van der Waals surface area contributed by atoms with Crippen molar-refractivity contribution >= 4 is 23.6 Å². The van der Waals surface area contributed by atoms with Crippen molar-refractivity contribution < 1.29 is 9.90 Å². The number of hydrogen-bond acceptors (Lipinski definition) is 3. The summed E-state index contributed by atoms with van der Waals surface area (Å²) in [5, 5.41) is 11.9. The van der Waals surface area contributed by atoms with Gasteiger partial charge in [0.15, 0.2) is 0 Å². The van der Waals surface area contributed by atoms with Crippen LogP contribution in [0, 0.1) is 0 Å². The summed E-state index contributed by atoms with van der Waals surface area (Å²) >= 11 is 5.73. The molecule has 0 bridgehead atoms. The maximum Gasteiger partial charge on any atom is 0.244 e. The van der Waals surface area contributed by atoms with Crippen LogP contribution in [0.15, 0.2) is 24.4 Å². The number of aliphatic hydroxyl groups excluding tert-OH is 1. The zero-order valence-corrected chi connectivity index (χ0v) is 11.0. The molecule has 2 N–H and O–H groups in total. The third-order valence-corrected chi connectivity index (χ3v) is 2.57. The highest BCUT2D eigenvalue weighted by molar-refractivity contribution is 6.29. The van der Waals surface area contributed by atoms with E-state index >= 15 is 0 Å². The van der Waals surface area contributed by atoms with Crippen LogP contribution in [0.3, 0.4) is 0 Å². The maximum atomic E-state index is 11.6. The zero-order chi connectivity index (χ0) is 13.4. The van der Waals surface area contributed by atoms with Crippen LogP contribution in [-0.2, 0) is 4.79 Å². The molecule has 0 aliphatic carbocycles. The summed E-state index contributed by atoms with van der Waals surface area (Å²) < 4.78 is 0. The third kappa shape index (κ3) is 5.80. The molecule has 4 nitrogen and oxygen atoms in total. The Balaban J connectivity index is 2.44. The molecule has 0 fully saturated rings. The lowest BCUT2D eigenvalue weighted by Crippen LogP contribution is -2.31. The van der Waals surface area contributed by atoms with Crippen LogP contribution in [0.25, 0.3) is 6.08 Å².